The molecule has 10 heteroatoms. The van der Waals surface area contributed by atoms with Crippen molar-refractivity contribution in [1.82, 2.24) is 19.5 Å². The van der Waals surface area contributed by atoms with Gasteiger partial charge in [-0.05, 0) is 29.8 Å². The van der Waals surface area contributed by atoms with Crippen LogP contribution >= 0.6 is 11.6 Å². The number of ether oxygens (including phenoxy) is 1. The van der Waals surface area contributed by atoms with Crippen LogP contribution in [0.3, 0.4) is 0 Å². The minimum absolute atomic E-state index is 0.0810. The molecule has 0 aliphatic rings. The van der Waals surface area contributed by atoms with Crippen molar-refractivity contribution in [3.05, 3.63) is 47.6 Å². The Morgan fingerprint density at radius 1 is 1.41 bits per heavy atom. The lowest BCUT2D eigenvalue weighted by Crippen LogP contribution is -2.35. The summed E-state index contributed by atoms with van der Waals surface area (Å²) >= 11 is 5.81. The molecule has 1 unspecified atom stereocenters. The number of aryl methyl sites for hydroxylation is 1. The standard InChI is InChI=1S/C13H15ClN4O2.C6H5NO2/c1-3-13(8-19,20-2)5-7-18-6-4-9-10(15)16-12(14)17-11(9)18;8-6(9)5-3-1-2-4-7-5/h1,4,6,19H,5,7-8H2,2H3,(H2,15,16,17);1-4H,(H,8,9). The van der Waals surface area contributed by atoms with E-state index in [2.05, 4.69) is 20.9 Å². The number of anilines is 1. The summed E-state index contributed by atoms with van der Waals surface area (Å²) < 4.78 is 7.06. The fraction of sp³-hybridized carbons (Fsp3) is 0.263. The summed E-state index contributed by atoms with van der Waals surface area (Å²) in [4.78, 5) is 21.8. The molecule has 9 nitrogen and oxygen atoms in total. The molecule has 0 spiro atoms. The van der Waals surface area contributed by atoms with Crippen LogP contribution in [0.5, 0.6) is 0 Å². The summed E-state index contributed by atoms with van der Waals surface area (Å²) in [5, 5.41) is 18.5. The second kappa shape index (κ2) is 9.84. The average molecular weight is 418 g/mol. The van der Waals surface area contributed by atoms with Crippen LogP contribution in [0.15, 0.2) is 36.7 Å². The second-order valence-corrected chi connectivity index (χ2v) is 6.23. The zero-order valence-electron chi connectivity index (χ0n) is 15.6. The number of rotatable bonds is 6. The van der Waals surface area contributed by atoms with Crippen molar-refractivity contribution < 1.29 is 19.7 Å². The highest BCUT2D eigenvalue weighted by Gasteiger charge is 2.26. The van der Waals surface area contributed by atoms with E-state index >= 15 is 0 Å². The normalized spacial score (nSPS) is 12.5. The fourth-order valence-corrected chi connectivity index (χ4v) is 2.63. The van der Waals surface area contributed by atoms with Crippen LogP contribution < -0.4 is 5.73 Å². The monoisotopic (exact) mass is 417 g/mol. The van der Waals surface area contributed by atoms with E-state index < -0.39 is 11.6 Å². The number of terminal acetylenes is 1. The third kappa shape index (κ3) is 5.42. The van der Waals surface area contributed by atoms with Gasteiger partial charge >= 0.3 is 5.97 Å². The predicted molar refractivity (Wildman–Crippen MR) is 108 cm³/mol. The largest absolute Gasteiger partial charge is 0.477 e. The van der Waals surface area contributed by atoms with Gasteiger partial charge in [-0.15, -0.1) is 6.42 Å². The lowest BCUT2D eigenvalue weighted by Gasteiger charge is -2.24. The number of hydrogen-bond donors (Lipinski definition) is 3. The van der Waals surface area contributed by atoms with Crippen LogP contribution in [-0.2, 0) is 11.3 Å². The van der Waals surface area contributed by atoms with Crippen LogP contribution in [0.1, 0.15) is 16.9 Å². The molecule has 0 aromatic carbocycles. The molecule has 4 N–H and O–H groups in total. The van der Waals surface area contributed by atoms with Gasteiger partial charge in [-0.3, -0.25) is 0 Å². The molecular weight excluding hydrogens is 398 g/mol. The Labute approximate surface area is 172 Å². The lowest BCUT2D eigenvalue weighted by molar-refractivity contribution is -0.0147. The number of aromatic carboxylic acids is 1. The van der Waals surface area contributed by atoms with Crippen LogP contribution in [0.25, 0.3) is 11.0 Å². The van der Waals surface area contributed by atoms with E-state index in [0.717, 1.165) is 5.39 Å². The minimum Gasteiger partial charge on any atom is -0.477 e. The van der Waals surface area contributed by atoms with Gasteiger partial charge in [0.1, 0.15) is 17.2 Å². The maximum Gasteiger partial charge on any atom is 0.354 e. The van der Waals surface area contributed by atoms with Gasteiger partial charge in [-0.1, -0.05) is 12.0 Å². The van der Waals surface area contributed by atoms with E-state index in [0.29, 0.717) is 24.4 Å². The number of fused-ring (bicyclic) bond motifs is 1. The van der Waals surface area contributed by atoms with Crippen molar-refractivity contribution in [1.29, 1.82) is 0 Å². The highest BCUT2D eigenvalue weighted by molar-refractivity contribution is 6.28. The topological polar surface area (TPSA) is 136 Å². The van der Waals surface area contributed by atoms with Gasteiger partial charge < -0.3 is 25.3 Å². The number of aliphatic hydroxyl groups excluding tert-OH is 1. The van der Waals surface area contributed by atoms with Crippen molar-refractivity contribution in [2.75, 3.05) is 19.5 Å². The molecule has 0 aliphatic heterocycles. The summed E-state index contributed by atoms with van der Waals surface area (Å²) in [6.07, 6.45) is 9.12. The molecule has 3 rings (SSSR count). The maximum atomic E-state index is 10.1. The predicted octanol–water partition coefficient (Wildman–Crippen LogP) is 1.85. The third-order valence-electron chi connectivity index (χ3n) is 4.17. The highest BCUT2D eigenvalue weighted by atomic mass is 35.5. The first-order valence-electron chi connectivity index (χ1n) is 8.41. The van der Waals surface area contributed by atoms with Gasteiger partial charge in [-0.25, -0.2) is 14.8 Å². The van der Waals surface area contributed by atoms with Gasteiger partial charge in [0.25, 0.3) is 0 Å². The zero-order chi connectivity index (χ0) is 21.4. The molecule has 152 valence electrons. The molecule has 0 radical (unpaired) electrons. The van der Waals surface area contributed by atoms with Crippen molar-refractivity contribution >= 4 is 34.4 Å². The first-order chi connectivity index (χ1) is 13.9. The molecule has 3 heterocycles. The number of pyridine rings is 1. The van der Waals surface area contributed by atoms with E-state index in [9.17, 15) is 9.90 Å². The van der Waals surface area contributed by atoms with E-state index in [1.165, 1.54) is 19.4 Å². The summed E-state index contributed by atoms with van der Waals surface area (Å²) in [5.74, 6) is 1.82. The fourth-order valence-electron chi connectivity index (χ4n) is 2.45. The van der Waals surface area contributed by atoms with Crippen molar-refractivity contribution in [2.24, 2.45) is 0 Å². The van der Waals surface area contributed by atoms with Crippen LogP contribution in [0.2, 0.25) is 5.28 Å². The number of nitrogens with zero attached hydrogens (tertiary/aromatic N) is 4. The van der Waals surface area contributed by atoms with E-state index in [-0.39, 0.29) is 17.6 Å². The Hall–Kier alpha value is -3.19. The first kappa shape index (κ1) is 22.1. The van der Waals surface area contributed by atoms with Gasteiger partial charge in [0.05, 0.1) is 12.0 Å². The number of aromatic nitrogens is 4. The molecule has 3 aromatic heterocycles. The summed E-state index contributed by atoms with van der Waals surface area (Å²) in [6.45, 7) is 0.256. The maximum absolute atomic E-state index is 10.1. The number of nitrogen functional groups attached to an aromatic ring is 1. The minimum atomic E-state index is -1.00. The Kier molecular flexibility index (Phi) is 7.50. The average Bonchev–Trinajstić information content (AvgIpc) is 3.14. The molecule has 0 saturated heterocycles. The van der Waals surface area contributed by atoms with Crippen molar-refractivity contribution in [2.45, 2.75) is 18.6 Å². The summed E-state index contributed by atoms with van der Waals surface area (Å²) in [5.41, 5.74) is 5.49. The highest BCUT2D eigenvalue weighted by Crippen LogP contribution is 2.23. The van der Waals surface area contributed by atoms with Gasteiger partial charge in [0.15, 0.2) is 5.60 Å². The summed E-state index contributed by atoms with van der Waals surface area (Å²) in [6, 6.07) is 6.57. The number of nitrogens with two attached hydrogens (primary N) is 1. The van der Waals surface area contributed by atoms with Crippen LogP contribution in [0.4, 0.5) is 5.82 Å². The first-order valence-corrected chi connectivity index (χ1v) is 8.79. The number of carboxylic acids is 1. The molecule has 0 fully saturated rings. The molecule has 0 amide bonds. The van der Waals surface area contributed by atoms with Crippen molar-refractivity contribution in [3.8, 4) is 12.3 Å². The number of halogens is 1. The van der Waals surface area contributed by atoms with E-state index in [1.54, 1.807) is 12.1 Å². The smallest absolute Gasteiger partial charge is 0.354 e. The zero-order valence-corrected chi connectivity index (χ0v) is 16.4. The van der Waals surface area contributed by atoms with Crippen LogP contribution in [-0.4, -0.2) is 55.0 Å². The van der Waals surface area contributed by atoms with Crippen molar-refractivity contribution in [3.63, 3.8) is 0 Å². The SMILES string of the molecule is C#CC(CO)(CCn1ccc2c(N)nc(Cl)nc21)OC.O=C(O)c1ccccn1. The molecule has 0 bridgehead atoms. The Balaban J connectivity index is 0.000000278. The molecule has 0 saturated carbocycles. The molecule has 29 heavy (non-hydrogen) atoms. The Morgan fingerprint density at radius 2 is 2.17 bits per heavy atom. The molecule has 3 aromatic rings. The lowest BCUT2D eigenvalue weighted by atomic mass is 10.0. The number of methoxy groups -OCH3 is 1. The Bertz CT molecular complexity index is 1010. The molecule has 1 atom stereocenters. The van der Waals surface area contributed by atoms with E-state index in [4.69, 9.17) is 33.6 Å². The molecule has 0 aliphatic carbocycles. The third-order valence-corrected chi connectivity index (χ3v) is 4.34. The number of hydrogen-bond acceptors (Lipinski definition) is 7. The van der Waals surface area contributed by atoms with Gasteiger partial charge in [-0.2, -0.15) is 4.98 Å². The number of aliphatic hydroxyl groups is 1. The Morgan fingerprint density at radius 3 is 2.69 bits per heavy atom. The van der Waals surface area contributed by atoms with Gasteiger partial charge in [0.2, 0.25) is 5.28 Å². The van der Waals surface area contributed by atoms with E-state index in [1.807, 2.05) is 16.8 Å². The quantitative estimate of drug-likeness (QED) is 0.408. The number of carbonyl (C=O) groups is 1. The van der Waals surface area contributed by atoms with Crippen LogP contribution in [0, 0.1) is 12.3 Å². The summed E-state index contributed by atoms with van der Waals surface area (Å²) in [7, 11) is 1.47. The number of carboxylic acid groups (broad SMARTS) is 1. The second-order valence-electron chi connectivity index (χ2n) is 5.90. The van der Waals surface area contributed by atoms with Gasteiger partial charge in [0, 0.05) is 32.5 Å². The molecular formula is C19H20ClN5O4.